The van der Waals surface area contributed by atoms with Crippen molar-refractivity contribution in [1.29, 1.82) is 0 Å². The van der Waals surface area contributed by atoms with Crippen molar-refractivity contribution in [2.75, 3.05) is 13.1 Å². The van der Waals surface area contributed by atoms with Gasteiger partial charge in [0, 0.05) is 37.3 Å². The van der Waals surface area contributed by atoms with E-state index in [-0.39, 0.29) is 18.2 Å². The number of hydrogen-bond donors (Lipinski definition) is 1. The fraction of sp³-hybridized carbons (Fsp3) is 0.500. The molecule has 3 heterocycles. The third-order valence-electron chi connectivity index (χ3n) is 3.91. The molecule has 1 amide bonds. The van der Waals surface area contributed by atoms with E-state index < -0.39 is 5.97 Å². The van der Waals surface area contributed by atoms with Crippen LogP contribution in [0.2, 0.25) is 0 Å². The van der Waals surface area contributed by atoms with Crippen LogP contribution in [0.4, 0.5) is 0 Å². The lowest BCUT2D eigenvalue weighted by Gasteiger charge is -2.31. The SMILES string of the molecule is O=C(O)CC1CCN(C(=O)Cc2cn3ccsc3n2)CC1. The number of imidazole rings is 1. The van der Waals surface area contributed by atoms with Gasteiger partial charge in [0.05, 0.1) is 12.1 Å². The zero-order valence-corrected chi connectivity index (χ0v) is 12.4. The fourth-order valence-electron chi connectivity index (χ4n) is 2.76. The van der Waals surface area contributed by atoms with Gasteiger partial charge in [-0.05, 0) is 18.8 Å². The van der Waals surface area contributed by atoms with E-state index in [0.717, 1.165) is 23.5 Å². The number of carbonyl (C=O) groups excluding carboxylic acids is 1. The maximum atomic E-state index is 12.3. The first-order valence-corrected chi connectivity index (χ1v) is 7.90. The maximum Gasteiger partial charge on any atom is 0.303 e. The quantitative estimate of drug-likeness (QED) is 0.932. The zero-order valence-electron chi connectivity index (χ0n) is 11.6. The highest BCUT2D eigenvalue weighted by atomic mass is 32.1. The zero-order chi connectivity index (χ0) is 14.8. The Morgan fingerprint density at radius 3 is 2.81 bits per heavy atom. The second kappa shape index (κ2) is 5.85. The molecule has 6 nitrogen and oxygen atoms in total. The van der Waals surface area contributed by atoms with Gasteiger partial charge in [0.15, 0.2) is 4.96 Å². The number of carboxylic acids is 1. The summed E-state index contributed by atoms with van der Waals surface area (Å²) in [6.07, 6.45) is 5.89. The standard InChI is InChI=1S/C14H17N3O3S/c18-12(8-11-9-17-5-6-21-14(17)15-11)16-3-1-10(2-4-16)7-13(19)20/h5-6,9-10H,1-4,7-8H2,(H,19,20). The van der Waals surface area contributed by atoms with Crippen molar-refractivity contribution in [1.82, 2.24) is 14.3 Å². The Labute approximate surface area is 126 Å². The number of aromatic nitrogens is 2. The topological polar surface area (TPSA) is 74.9 Å². The Balaban J connectivity index is 1.54. The highest BCUT2D eigenvalue weighted by Crippen LogP contribution is 2.21. The van der Waals surface area contributed by atoms with Crippen molar-refractivity contribution in [3.63, 3.8) is 0 Å². The molecule has 1 aliphatic rings. The first-order chi connectivity index (χ1) is 10.1. The largest absolute Gasteiger partial charge is 0.481 e. The average molecular weight is 307 g/mol. The fourth-order valence-corrected chi connectivity index (χ4v) is 3.48. The number of carbonyl (C=O) groups is 2. The molecule has 0 atom stereocenters. The first-order valence-electron chi connectivity index (χ1n) is 7.02. The number of hydrogen-bond acceptors (Lipinski definition) is 4. The van der Waals surface area contributed by atoms with Crippen LogP contribution in [0.3, 0.4) is 0 Å². The summed E-state index contributed by atoms with van der Waals surface area (Å²) in [6, 6.07) is 0. The molecule has 21 heavy (non-hydrogen) atoms. The molecule has 0 aromatic carbocycles. The summed E-state index contributed by atoms with van der Waals surface area (Å²) in [4.78, 5) is 30.1. The summed E-state index contributed by atoms with van der Waals surface area (Å²) < 4.78 is 1.92. The molecule has 112 valence electrons. The molecule has 0 radical (unpaired) electrons. The van der Waals surface area contributed by atoms with Gasteiger partial charge < -0.3 is 10.0 Å². The van der Waals surface area contributed by atoms with Gasteiger partial charge in [-0.25, -0.2) is 4.98 Å². The molecule has 1 fully saturated rings. The average Bonchev–Trinajstić information content (AvgIpc) is 2.99. The van der Waals surface area contributed by atoms with Crippen LogP contribution in [0, 0.1) is 5.92 Å². The number of fused-ring (bicyclic) bond motifs is 1. The molecule has 3 rings (SSSR count). The van der Waals surface area contributed by atoms with Crippen LogP contribution in [0.25, 0.3) is 4.96 Å². The normalized spacial score (nSPS) is 16.5. The van der Waals surface area contributed by atoms with Crippen LogP contribution in [0.1, 0.15) is 25.0 Å². The summed E-state index contributed by atoms with van der Waals surface area (Å²) in [5, 5.41) is 10.8. The molecular weight excluding hydrogens is 290 g/mol. The van der Waals surface area contributed by atoms with Crippen molar-refractivity contribution in [3.05, 3.63) is 23.5 Å². The van der Waals surface area contributed by atoms with Crippen molar-refractivity contribution in [2.45, 2.75) is 25.7 Å². The minimum Gasteiger partial charge on any atom is -0.481 e. The molecular formula is C14H17N3O3S. The van der Waals surface area contributed by atoms with Gasteiger partial charge in [0.2, 0.25) is 5.91 Å². The van der Waals surface area contributed by atoms with Gasteiger partial charge in [-0.3, -0.25) is 14.0 Å². The van der Waals surface area contributed by atoms with Crippen LogP contribution in [0.15, 0.2) is 17.8 Å². The van der Waals surface area contributed by atoms with Crippen molar-refractivity contribution in [3.8, 4) is 0 Å². The van der Waals surface area contributed by atoms with Crippen molar-refractivity contribution in [2.24, 2.45) is 5.92 Å². The summed E-state index contributed by atoms with van der Waals surface area (Å²) in [7, 11) is 0. The molecule has 7 heteroatoms. The predicted octanol–water partition coefficient (Wildman–Crippen LogP) is 1.65. The van der Waals surface area contributed by atoms with E-state index in [2.05, 4.69) is 4.98 Å². The molecule has 1 saturated heterocycles. The first kappa shape index (κ1) is 14.1. The minimum atomic E-state index is -0.752. The molecule has 0 bridgehead atoms. The predicted molar refractivity (Wildman–Crippen MR) is 78.3 cm³/mol. The molecule has 1 N–H and O–H groups in total. The number of piperidine rings is 1. The van der Waals surface area contributed by atoms with E-state index in [9.17, 15) is 9.59 Å². The van der Waals surface area contributed by atoms with E-state index in [1.54, 1.807) is 11.3 Å². The van der Waals surface area contributed by atoms with Crippen LogP contribution < -0.4 is 0 Å². The van der Waals surface area contributed by atoms with E-state index >= 15 is 0 Å². The van der Waals surface area contributed by atoms with Gasteiger partial charge in [-0.2, -0.15) is 0 Å². The number of rotatable bonds is 4. The van der Waals surface area contributed by atoms with Crippen molar-refractivity contribution >= 4 is 28.2 Å². The Bertz CT molecular complexity index is 627. The van der Waals surface area contributed by atoms with E-state index in [1.807, 2.05) is 27.1 Å². The third kappa shape index (κ3) is 3.24. The monoisotopic (exact) mass is 307 g/mol. The van der Waals surface area contributed by atoms with E-state index in [0.29, 0.717) is 19.5 Å². The van der Waals surface area contributed by atoms with Gasteiger partial charge >= 0.3 is 5.97 Å². The Morgan fingerprint density at radius 1 is 1.38 bits per heavy atom. The maximum absolute atomic E-state index is 12.3. The number of carboxylic acid groups (broad SMARTS) is 1. The lowest BCUT2D eigenvalue weighted by molar-refractivity contribution is -0.138. The Morgan fingerprint density at radius 2 is 2.14 bits per heavy atom. The molecule has 0 spiro atoms. The van der Waals surface area contributed by atoms with Crippen molar-refractivity contribution < 1.29 is 14.7 Å². The number of aliphatic carboxylic acids is 1. The van der Waals surface area contributed by atoms with Crippen LogP contribution in [0.5, 0.6) is 0 Å². The summed E-state index contributed by atoms with van der Waals surface area (Å²) >= 11 is 1.55. The highest BCUT2D eigenvalue weighted by Gasteiger charge is 2.24. The minimum absolute atomic E-state index is 0.0783. The third-order valence-corrected chi connectivity index (χ3v) is 4.68. The molecule has 2 aromatic rings. The van der Waals surface area contributed by atoms with E-state index in [4.69, 9.17) is 5.11 Å². The van der Waals surface area contributed by atoms with Crippen LogP contribution in [-0.2, 0) is 16.0 Å². The number of thiazole rings is 1. The highest BCUT2D eigenvalue weighted by molar-refractivity contribution is 7.15. The summed E-state index contributed by atoms with van der Waals surface area (Å²) in [5.41, 5.74) is 0.791. The lowest BCUT2D eigenvalue weighted by atomic mass is 9.93. The van der Waals surface area contributed by atoms with Gasteiger partial charge in [0.1, 0.15) is 0 Å². The molecule has 0 aliphatic carbocycles. The molecule has 2 aromatic heterocycles. The second-order valence-electron chi connectivity index (χ2n) is 5.42. The van der Waals surface area contributed by atoms with E-state index in [1.165, 1.54) is 0 Å². The van der Waals surface area contributed by atoms with Gasteiger partial charge in [-0.1, -0.05) is 0 Å². The Kier molecular flexibility index (Phi) is 3.92. The summed E-state index contributed by atoms with van der Waals surface area (Å²) in [5.74, 6) is -0.475. The van der Waals surface area contributed by atoms with Crippen LogP contribution in [-0.4, -0.2) is 44.4 Å². The number of nitrogens with zero attached hydrogens (tertiary/aromatic N) is 3. The smallest absolute Gasteiger partial charge is 0.303 e. The van der Waals surface area contributed by atoms with Gasteiger partial charge in [-0.15, -0.1) is 11.3 Å². The molecule has 1 aliphatic heterocycles. The van der Waals surface area contributed by atoms with Crippen LogP contribution >= 0.6 is 11.3 Å². The van der Waals surface area contributed by atoms with Gasteiger partial charge in [0.25, 0.3) is 0 Å². The molecule has 0 unspecified atom stereocenters. The summed E-state index contributed by atoms with van der Waals surface area (Å²) in [6.45, 7) is 1.30. The number of amides is 1. The molecule has 0 saturated carbocycles. The second-order valence-corrected chi connectivity index (χ2v) is 6.30. The number of likely N-dealkylation sites (tertiary alicyclic amines) is 1. The Hall–Kier alpha value is -1.89. The lowest BCUT2D eigenvalue weighted by Crippen LogP contribution is -2.39.